The third-order valence-corrected chi connectivity index (χ3v) is 5.20. The van der Waals surface area contributed by atoms with Gasteiger partial charge in [0.15, 0.2) is 0 Å². The first-order chi connectivity index (χ1) is 11.3. The van der Waals surface area contributed by atoms with Gasteiger partial charge in [-0.15, -0.1) is 11.3 Å². The van der Waals surface area contributed by atoms with Crippen LogP contribution < -0.4 is 0 Å². The minimum atomic E-state index is -3.10. The number of amides is 1. The van der Waals surface area contributed by atoms with E-state index in [0.717, 1.165) is 6.92 Å². The number of thiophene rings is 1. The summed E-state index contributed by atoms with van der Waals surface area (Å²) in [4.78, 5) is 15.3. The van der Waals surface area contributed by atoms with Crippen LogP contribution in [0.2, 0.25) is 0 Å². The molecule has 2 aromatic rings. The predicted molar refractivity (Wildman–Crippen MR) is 85.3 cm³/mol. The molecular weight excluding hydrogens is 338 g/mol. The third kappa shape index (κ3) is 3.21. The van der Waals surface area contributed by atoms with Crippen molar-refractivity contribution in [3.05, 3.63) is 28.3 Å². The first-order valence-corrected chi connectivity index (χ1v) is 8.51. The Balaban J connectivity index is 1.81. The summed E-state index contributed by atoms with van der Waals surface area (Å²) in [6, 6.07) is 3.37. The second-order valence-electron chi connectivity index (χ2n) is 6.06. The van der Waals surface area contributed by atoms with Crippen LogP contribution in [-0.2, 0) is 5.92 Å². The molecular formula is C16H18F2N2O3S. The summed E-state index contributed by atoms with van der Waals surface area (Å²) < 4.78 is 31.7. The summed E-state index contributed by atoms with van der Waals surface area (Å²) >= 11 is 1.21. The van der Waals surface area contributed by atoms with Crippen LogP contribution in [0, 0.1) is 6.92 Å². The highest BCUT2D eigenvalue weighted by atomic mass is 32.1. The van der Waals surface area contributed by atoms with Gasteiger partial charge in [-0.05, 0) is 31.9 Å². The number of halogens is 2. The van der Waals surface area contributed by atoms with Crippen molar-refractivity contribution in [1.82, 2.24) is 10.1 Å². The number of piperidine rings is 1. The van der Waals surface area contributed by atoms with Crippen LogP contribution in [0.5, 0.6) is 0 Å². The van der Waals surface area contributed by atoms with Crippen molar-refractivity contribution in [2.24, 2.45) is 0 Å². The van der Waals surface area contributed by atoms with E-state index in [1.165, 1.54) is 18.3 Å². The highest BCUT2D eigenvalue weighted by Gasteiger charge is 2.34. The number of aliphatic hydroxyl groups is 1. The quantitative estimate of drug-likeness (QED) is 0.915. The maximum Gasteiger partial charge on any atom is 0.304 e. The largest absolute Gasteiger partial charge is 0.393 e. The van der Waals surface area contributed by atoms with Crippen molar-refractivity contribution >= 4 is 17.2 Å². The summed E-state index contributed by atoms with van der Waals surface area (Å²) in [6.07, 6.45) is 0.794. The molecule has 0 atom stereocenters. The number of alkyl halides is 2. The van der Waals surface area contributed by atoms with Gasteiger partial charge < -0.3 is 14.5 Å². The van der Waals surface area contributed by atoms with Gasteiger partial charge in [-0.2, -0.15) is 8.78 Å². The van der Waals surface area contributed by atoms with E-state index >= 15 is 0 Å². The number of nitrogens with zero attached hydrogens (tertiary/aromatic N) is 2. The van der Waals surface area contributed by atoms with Crippen LogP contribution in [0.1, 0.15) is 40.8 Å². The first kappa shape index (κ1) is 17.0. The maximum absolute atomic E-state index is 13.4. The van der Waals surface area contributed by atoms with Crippen molar-refractivity contribution in [2.75, 3.05) is 13.1 Å². The molecule has 2 aromatic heterocycles. The summed E-state index contributed by atoms with van der Waals surface area (Å²) in [5.74, 6) is -3.66. The fourth-order valence-corrected chi connectivity index (χ4v) is 3.79. The van der Waals surface area contributed by atoms with Gasteiger partial charge in [0, 0.05) is 25.6 Å². The average molecular weight is 356 g/mol. The van der Waals surface area contributed by atoms with E-state index in [0.29, 0.717) is 41.4 Å². The number of rotatable bonds is 3. The minimum Gasteiger partial charge on any atom is -0.393 e. The zero-order valence-electron chi connectivity index (χ0n) is 13.4. The maximum atomic E-state index is 13.4. The average Bonchev–Trinajstić information content (AvgIpc) is 3.13. The van der Waals surface area contributed by atoms with E-state index in [1.807, 2.05) is 0 Å². The van der Waals surface area contributed by atoms with E-state index in [2.05, 4.69) is 5.16 Å². The lowest BCUT2D eigenvalue weighted by atomic mass is 10.1. The van der Waals surface area contributed by atoms with Crippen LogP contribution in [-0.4, -0.2) is 40.3 Å². The highest BCUT2D eigenvalue weighted by Crippen LogP contribution is 2.37. The normalized spacial score (nSPS) is 16.6. The molecule has 1 aliphatic rings. The SMILES string of the molecule is Cc1c(-c2ccc(C(=O)N3CCC(O)CC3)s2)noc1C(C)(F)F. The molecule has 0 spiro atoms. The molecule has 0 bridgehead atoms. The Hall–Kier alpha value is -1.80. The van der Waals surface area contributed by atoms with Crippen LogP contribution in [0.25, 0.3) is 10.6 Å². The van der Waals surface area contributed by atoms with Gasteiger partial charge in [0.1, 0.15) is 5.69 Å². The Kier molecular flexibility index (Phi) is 4.44. The number of hydrogen-bond donors (Lipinski definition) is 1. The van der Waals surface area contributed by atoms with Crippen molar-refractivity contribution in [3.63, 3.8) is 0 Å². The second kappa shape index (κ2) is 6.25. The number of aromatic nitrogens is 1. The molecule has 1 aliphatic heterocycles. The van der Waals surface area contributed by atoms with Crippen molar-refractivity contribution in [3.8, 4) is 10.6 Å². The predicted octanol–water partition coefficient (Wildman–Crippen LogP) is 3.42. The van der Waals surface area contributed by atoms with Crippen molar-refractivity contribution in [2.45, 2.75) is 38.7 Å². The number of carbonyl (C=O) groups is 1. The molecule has 1 saturated heterocycles. The molecule has 1 amide bonds. The third-order valence-electron chi connectivity index (χ3n) is 4.12. The van der Waals surface area contributed by atoms with Gasteiger partial charge in [-0.1, -0.05) is 5.16 Å². The highest BCUT2D eigenvalue weighted by molar-refractivity contribution is 7.17. The molecule has 1 fully saturated rings. The van der Waals surface area contributed by atoms with Gasteiger partial charge in [0.05, 0.1) is 15.9 Å². The molecule has 0 radical (unpaired) electrons. The molecule has 0 aliphatic carbocycles. The molecule has 8 heteroatoms. The van der Waals surface area contributed by atoms with E-state index < -0.39 is 11.7 Å². The lowest BCUT2D eigenvalue weighted by Gasteiger charge is -2.29. The number of aliphatic hydroxyl groups excluding tert-OH is 1. The fraction of sp³-hybridized carbons (Fsp3) is 0.500. The Morgan fingerprint density at radius 1 is 1.42 bits per heavy atom. The van der Waals surface area contributed by atoms with Crippen molar-refractivity contribution < 1.29 is 23.2 Å². The van der Waals surface area contributed by atoms with Gasteiger partial charge in [0.25, 0.3) is 5.91 Å². The summed E-state index contributed by atoms with van der Waals surface area (Å²) in [5, 5.41) is 13.3. The van der Waals surface area contributed by atoms with Crippen LogP contribution in [0.4, 0.5) is 8.78 Å². The molecule has 0 unspecified atom stereocenters. The topological polar surface area (TPSA) is 66.6 Å². The Bertz CT molecular complexity index is 743. The Morgan fingerprint density at radius 3 is 2.67 bits per heavy atom. The molecule has 5 nitrogen and oxygen atoms in total. The number of hydrogen-bond acceptors (Lipinski definition) is 5. The molecule has 24 heavy (non-hydrogen) atoms. The van der Waals surface area contributed by atoms with Gasteiger partial charge >= 0.3 is 5.92 Å². The Morgan fingerprint density at radius 2 is 2.08 bits per heavy atom. The van der Waals surface area contributed by atoms with E-state index in [-0.39, 0.29) is 17.6 Å². The zero-order chi connectivity index (χ0) is 17.5. The van der Waals surface area contributed by atoms with Crippen molar-refractivity contribution in [1.29, 1.82) is 0 Å². The van der Waals surface area contributed by atoms with Gasteiger partial charge in [-0.25, -0.2) is 0 Å². The zero-order valence-corrected chi connectivity index (χ0v) is 14.2. The summed E-state index contributed by atoms with van der Waals surface area (Å²) in [5.41, 5.74) is 0.620. The second-order valence-corrected chi connectivity index (χ2v) is 7.14. The monoisotopic (exact) mass is 356 g/mol. The van der Waals surface area contributed by atoms with Crippen LogP contribution >= 0.6 is 11.3 Å². The summed E-state index contributed by atoms with van der Waals surface area (Å²) in [6.45, 7) is 3.33. The van der Waals surface area contributed by atoms with Gasteiger partial charge in [0.2, 0.25) is 5.76 Å². The molecule has 3 heterocycles. The molecule has 130 valence electrons. The van der Waals surface area contributed by atoms with Crippen LogP contribution in [0.3, 0.4) is 0 Å². The molecule has 3 rings (SSSR count). The first-order valence-electron chi connectivity index (χ1n) is 7.69. The summed E-state index contributed by atoms with van der Waals surface area (Å²) in [7, 11) is 0. The smallest absolute Gasteiger partial charge is 0.304 e. The lowest BCUT2D eigenvalue weighted by Crippen LogP contribution is -2.39. The van der Waals surface area contributed by atoms with Crippen LogP contribution in [0.15, 0.2) is 16.7 Å². The molecule has 0 saturated carbocycles. The van der Waals surface area contributed by atoms with E-state index in [9.17, 15) is 18.7 Å². The Labute approximate surface area is 141 Å². The fourth-order valence-electron chi connectivity index (χ4n) is 2.78. The minimum absolute atomic E-state index is 0.111. The van der Waals surface area contributed by atoms with E-state index in [1.54, 1.807) is 17.0 Å². The standard InChI is InChI=1S/C16H18F2N2O3S/c1-9-13(19-23-14(9)16(2,17)18)11-3-4-12(24-11)15(22)20-7-5-10(21)6-8-20/h3-4,10,21H,5-8H2,1-2H3. The van der Waals surface area contributed by atoms with E-state index in [4.69, 9.17) is 4.52 Å². The lowest BCUT2D eigenvalue weighted by molar-refractivity contribution is -0.0112. The number of carbonyl (C=O) groups excluding carboxylic acids is 1. The molecule has 0 aromatic carbocycles. The number of likely N-dealkylation sites (tertiary alicyclic amines) is 1. The van der Waals surface area contributed by atoms with Gasteiger partial charge in [-0.3, -0.25) is 4.79 Å². The molecule has 1 N–H and O–H groups in total.